The van der Waals surface area contributed by atoms with Crippen molar-refractivity contribution in [3.05, 3.63) is 58.1 Å². The average Bonchev–Trinajstić information content (AvgIpc) is 2.90. The van der Waals surface area contributed by atoms with E-state index in [2.05, 4.69) is 5.32 Å². The van der Waals surface area contributed by atoms with Gasteiger partial charge in [-0.25, -0.2) is 0 Å². The number of halogens is 1. The largest absolute Gasteiger partial charge is 0.506 e. The fourth-order valence-corrected chi connectivity index (χ4v) is 2.22. The van der Waals surface area contributed by atoms with E-state index in [1.54, 1.807) is 12.1 Å². The molecule has 1 aliphatic rings. The van der Waals surface area contributed by atoms with Gasteiger partial charge in [-0.15, -0.1) is 0 Å². The lowest BCUT2D eigenvalue weighted by Gasteiger charge is -2.07. The summed E-state index contributed by atoms with van der Waals surface area (Å²) in [5.41, 5.74) is 3.21. The van der Waals surface area contributed by atoms with Crippen LogP contribution >= 0.6 is 11.6 Å². The van der Waals surface area contributed by atoms with Crippen molar-refractivity contribution >= 4 is 23.2 Å². The van der Waals surface area contributed by atoms with E-state index < -0.39 is 0 Å². The van der Waals surface area contributed by atoms with Crippen LogP contribution in [0.1, 0.15) is 21.5 Å². The SMILES string of the molecule is O=C(Nc1ccc(Cl)c(O)c1)c1ccc2c(c1)COC2. The molecule has 0 saturated carbocycles. The van der Waals surface area contributed by atoms with Gasteiger partial charge >= 0.3 is 0 Å². The molecule has 0 bridgehead atoms. The smallest absolute Gasteiger partial charge is 0.255 e. The zero-order valence-corrected chi connectivity index (χ0v) is 11.3. The molecule has 0 aliphatic carbocycles. The van der Waals surface area contributed by atoms with Crippen molar-refractivity contribution in [2.75, 3.05) is 5.32 Å². The van der Waals surface area contributed by atoms with E-state index in [9.17, 15) is 9.90 Å². The number of carbonyl (C=O) groups excluding carboxylic acids is 1. The highest BCUT2D eigenvalue weighted by Crippen LogP contribution is 2.27. The van der Waals surface area contributed by atoms with E-state index >= 15 is 0 Å². The van der Waals surface area contributed by atoms with Crippen LogP contribution in [0.5, 0.6) is 5.75 Å². The maximum Gasteiger partial charge on any atom is 0.255 e. The summed E-state index contributed by atoms with van der Waals surface area (Å²) in [6.07, 6.45) is 0. The number of hydrogen-bond donors (Lipinski definition) is 2. The first kappa shape index (κ1) is 13.0. The lowest BCUT2D eigenvalue weighted by Crippen LogP contribution is -2.12. The summed E-state index contributed by atoms with van der Waals surface area (Å²) < 4.78 is 5.32. The third kappa shape index (κ3) is 2.48. The predicted molar refractivity (Wildman–Crippen MR) is 76.0 cm³/mol. The molecular formula is C15H12ClNO3. The molecule has 20 heavy (non-hydrogen) atoms. The van der Waals surface area contributed by atoms with Crippen molar-refractivity contribution in [3.63, 3.8) is 0 Å². The molecule has 0 unspecified atom stereocenters. The molecule has 0 fully saturated rings. The molecule has 2 aromatic rings. The predicted octanol–water partition coefficient (Wildman–Crippen LogP) is 3.33. The average molecular weight is 290 g/mol. The van der Waals surface area contributed by atoms with Crippen LogP contribution in [-0.2, 0) is 18.0 Å². The highest BCUT2D eigenvalue weighted by Gasteiger charge is 2.14. The number of benzene rings is 2. The summed E-state index contributed by atoms with van der Waals surface area (Å²) in [6.45, 7) is 1.14. The van der Waals surface area contributed by atoms with Gasteiger partial charge in [0.2, 0.25) is 0 Å². The molecule has 1 heterocycles. The Hall–Kier alpha value is -2.04. The van der Waals surface area contributed by atoms with E-state index in [1.807, 2.05) is 12.1 Å². The van der Waals surface area contributed by atoms with Crippen LogP contribution in [0, 0.1) is 0 Å². The molecule has 2 aromatic carbocycles. The van der Waals surface area contributed by atoms with Crippen molar-refractivity contribution in [1.82, 2.24) is 0 Å². The standard InChI is InChI=1S/C15H12ClNO3/c16-13-4-3-12(6-14(13)18)17-15(19)9-1-2-10-7-20-8-11(10)5-9/h1-6,18H,7-8H2,(H,17,19). The molecule has 4 nitrogen and oxygen atoms in total. The molecule has 1 amide bonds. The molecule has 0 atom stereocenters. The Kier molecular flexibility index (Phi) is 3.34. The Morgan fingerprint density at radius 3 is 2.75 bits per heavy atom. The number of hydrogen-bond acceptors (Lipinski definition) is 3. The number of anilines is 1. The summed E-state index contributed by atoms with van der Waals surface area (Å²) in [7, 11) is 0. The van der Waals surface area contributed by atoms with Gasteiger partial charge in [0, 0.05) is 17.3 Å². The van der Waals surface area contributed by atoms with Gasteiger partial charge in [-0.1, -0.05) is 17.7 Å². The summed E-state index contributed by atoms with van der Waals surface area (Å²) >= 11 is 5.72. The van der Waals surface area contributed by atoms with E-state index in [0.717, 1.165) is 11.1 Å². The van der Waals surface area contributed by atoms with Crippen LogP contribution in [-0.4, -0.2) is 11.0 Å². The second-order valence-corrected chi connectivity index (χ2v) is 5.00. The van der Waals surface area contributed by atoms with Gasteiger partial charge in [0.05, 0.1) is 18.2 Å². The number of fused-ring (bicyclic) bond motifs is 1. The van der Waals surface area contributed by atoms with E-state index in [4.69, 9.17) is 16.3 Å². The Bertz CT molecular complexity index is 685. The van der Waals surface area contributed by atoms with Crippen LogP contribution in [0.4, 0.5) is 5.69 Å². The van der Waals surface area contributed by atoms with E-state index in [0.29, 0.717) is 24.5 Å². The highest BCUT2D eigenvalue weighted by molar-refractivity contribution is 6.32. The third-order valence-corrected chi connectivity index (χ3v) is 3.51. The number of rotatable bonds is 2. The molecule has 5 heteroatoms. The first-order chi connectivity index (χ1) is 9.63. The molecule has 3 rings (SSSR count). The van der Waals surface area contributed by atoms with Gasteiger partial charge in [-0.2, -0.15) is 0 Å². The van der Waals surface area contributed by atoms with Crippen LogP contribution in [0.3, 0.4) is 0 Å². The quantitative estimate of drug-likeness (QED) is 0.891. The van der Waals surface area contributed by atoms with Gasteiger partial charge in [0.1, 0.15) is 5.75 Å². The molecule has 0 aromatic heterocycles. The Morgan fingerprint density at radius 1 is 1.15 bits per heavy atom. The van der Waals surface area contributed by atoms with Gasteiger partial charge < -0.3 is 15.2 Å². The summed E-state index contributed by atoms with van der Waals surface area (Å²) in [5.74, 6) is -0.298. The van der Waals surface area contributed by atoms with E-state index in [-0.39, 0.29) is 16.7 Å². The van der Waals surface area contributed by atoms with Crippen LogP contribution in [0.2, 0.25) is 5.02 Å². The summed E-state index contributed by atoms with van der Waals surface area (Å²) in [4.78, 5) is 12.1. The fourth-order valence-electron chi connectivity index (χ4n) is 2.11. The van der Waals surface area contributed by atoms with Crippen LogP contribution < -0.4 is 5.32 Å². The fraction of sp³-hybridized carbons (Fsp3) is 0.133. The van der Waals surface area contributed by atoms with Crippen LogP contribution in [0.15, 0.2) is 36.4 Å². The van der Waals surface area contributed by atoms with Crippen molar-refractivity contribution in [3.8, 4) is 5.75 Å². The topological polar surface area (TPSA) is 58.6 Å². The molecule has 1 aliphatic heterocycles. The minimum atomic E-state index is -0.235. The maximum atomic E-state index is 12.1. The first-order valence-electron chi connectivity index (χ1n) is 6.13. The monoisotopic (exact) mass is 289 g/mol. The number of phenolic OH excluding ortho intramolecular Hbond substituents is 1. The Labute approximate surface area is 120 Å². The first-order valence-corrected chi connectivity index (χ1v) is 6.51. The normalized spacial score (nSPS) is 13.1. The molecule has 2 N–H and O–H groups in total. The number of phenols is 1. The van der Waals surface area contributed by atoms with Gasteiger partial charge in [-0.05, 0) is 35.4 Å². The number of nitrogens with one attached hydrogen (secondary N) is 1. The van der Waals surface area contributed by atoms with Gasteiger partial charge in [0.15, 0.2) is 0 Å². The molecule has 0 radical (unpaired) electrons. The van der Waals surface area contributed by atoms with Crippen molar-refractivity contribution in [1.29, 1.82) is 0 Å². The second kappa shape index (κ2) is 5.15. The lowest BCUT2D eigenvalue weighted by molar-refractivity contribution is 0.102. The zero-order chi connectivity index (χ0) is 14.1. The minimum absolute atomic E-state index is 0.0631. The Balaban J connectivity index is 1.80. The van der Waals surface area contributed by atoms with Gasteiger partial charge in [0.25, 0.3) is 5.91 Å². The summed E-state index contributed by atoms with van der Waals surface area (Å²) in [5, 5.41) is 12.5. The lowest BCUT2D eigenvalue weighted by atomic mass is 10.1. The van der Waals surface area contributed by atoms with E-state index in [1.165, 1.54) is 12.1 Å². The number of aromatic hydroxyl groups is 1. The second-order valence-electron chi connectivity index (χ2n) is 4.60. The molecule has 0 spiro atoms. The van der Waals surface area contributed by atoms with Crippen LogP contribution in [0.25, 0.3) is 0 Å². The maximum absolute atomic E-state index is 12.1. The zero-order valence-electron chi connectivity index (χ0n) is 10.5. The highest BCUT2D eigenvalue weighted by atomic mass is 35.5. The molecule has 0 saturated heterocycles. The Morgan fingerprint density at radius 2 is 1.95 bits per heavy atom. The minimum Gasteiger partial charge on any atom is -0.506 e. The number of carbonyl (C=O) groups is 1. The number of ether oxygens (including phenoxy) is 1. The third-order valence-electron chi connectivity index (χ3n) is 3.19. The number of amides is 1. The molecular weight excluding hydrogens is 278 g/mol. The van der Waals surface area contributed by atoms with Gasteiger partial charge in [-0.3, -0.25) is 4.79 Å². The van der Waals surface area contributed by atoms with Crippen molar-refractivity contribution < 1.29 is 14.6 Å². The van der Waals surface area contributed by atoms with Crippen molar-refractivity contribution in [2.24, 2.45) is 0 Å². The summed E-state index contributed by atoms with van der Waals surface area (Å²) in [6, 6.07) is 10.1. The molecule has 102 valence electrons. The van der Waals surface area contributed by atoms with Crippen molar-refractivity contribution in [2.45, 2.75) is 13.2 Å².